The molecule has 2 aromatic carbocycles. The zero-order valence-corrected chi connectivity index (χ0v) is 17.1. The number of nitrogens with two attached hydrogens (primary N) is 1. The molecule has 2 heterocycles. The smallest absolute Gasteiger partial charge is 0.249 e. The first-order chi connectivity index (χ1) is 14.6. The number of morpholine rings is 1. The van der Waals surface area contributed by atoms with Crippen molar-refractivity contribution in [2.24, 2.45) is 12.8 Å². The maximum atomic E-state index is 11.9. The van der Waals surface area contributed by atoms with E-state index in [0.29, 0.717) is 12.2 Å². The molecule has 30 heavy (non-hydrogen) atoms. The monoisotopic (exact) mass is 406 g/mol. The molecule has 1 aromatic heterocycles. The summed E-state index contributed by atoms with van der Waals surface area (Å²) in [5, 5.41) is 4.30. The second kappa shape index (κ2) is 9.11. The first kappa shape index (κ1) is 20.1. The minimum atomic E-state index is -0.446. The zero-order chi connectivity index (χ0) is 20.9. The van der Waals surface area contributed by atoms with Crippen molar-refractivity contribution in [2.45, 2.75) is 0 Å². The number of hydrogen-bond acceptors (Lipinski definition) is 5. The summed E-state index contributed by atoms with van der Waals surface area (Å²) in [6, 6.07) is 15.3. The molecule has 7 heteroatoms. The molecule has 4 rings (SSSR count). The van der Waals surface area contributed by atoms with Crippen molar-refractivity contribution >= 4 is 5.91 Å². The van der Waals surface area contributed by atoms with Gasteiger partial charge >= 0.3 is 0 Å². The van der Waals surface area contributed by atoms with Gasteiger partial charge < -0.3 is 15.2 Å². The molecular formula is C23H26N4O3. The van der Waals surface area contributed by atoms with Gasteiger partial charge in [-0.05, 0) is 35.4 Å². The number of nitrogens with zero attached hydrogens (tertiary/aromatic N) is 3. The second-order valence-corrected chi connectivity index (χ2v) is 7.26. The van der Waals surface area contributed by atoms with Gasteiger partial charge in [-0.3, -0.25) is 14.4 Å². The summed E-state index contributed by atoms with van der Waals surface area (Å²) in [5.74, 6) is 0.339. The van der Waals surface area contributed by atoms with Crippen LogP contribution in [0.3, 0.4) is 0 Å². The summed E-state index contributed by atoms with van der Waals surface area (Å²) in [5.41, 5.74) is 9.65. The minimum absolute atomic E-state index is 0.446. The molecule has 0 bridgehead atoms. The number of rotatable bonds is 7. The SMILES string of the molecule is Cn1nccc1-c1cc(-c2ccccc2C(N)=O)ccc1OCCN1CCOCC1. The van der Waals surface area contributed by atoms with Crippen LogP contribution in [0.5, 0.6) is 5.75 Å². The van der Waals surface area contributed by atoms with Crippen LogP contribution in [-0.2, 0) is 11.8 Å². The number of ether oxygens (including phenoxy) is 2. The highest BCUT2D eigenvalue weighted by Gasteiger charge is 2.16. The summed E-state index contributed by atoms with van der Waals surface area (Å²) < 4.78 is 13.4. The summed E-state index contributed by atoms with van der Waals surface area (Å²) in [6.45, 7) is 4.84. The number of carbonyl (C=O) groups is 1. The van der Waals surface area contributed by atoms with Crippen LogP contribution in [0, 0.1) is 0 Å². The molecule has 1 saturated heterocycles. The van der Waals surface area contributed by atoms with Gasteiger partial charge in [-0.2, -0.15) is 5.10 Å². The average Bonchev–Trinajstić information content (AvgIpc) is 3.20. The Morgan fingerprint density at radius 3 is 2.67 bits per heavy atom. The summed E-state index contributed by atoms with van der Waals surface area (Å²) in [7, 11) is 1.90. The van der Waals surface area contributed by atoms with E-state index in [4.69, 9.17) is 15.2 Å². The Morgan fingerprint density at radius 1 is 1.13 bits per heavy atom. The average molecular weight is 406 g/mol. The quantitative estimate of drug-likeness (QED) is 0.652. The van der Waals surface area contributed by atoms with Crippen LogP contribution in [-0.4, -0.2) is 60.0 Å². The molecule has 0 radical (unpaired) electrons. The lowest BCUT2D eigenvalue weighted by atomic mass is 9.96. The lowest BCUT2D eigenvalue weighted by Gasteiger charge is -2.26. The van der Waals surface area contributed by atoms with E-state index in [9.17, 15) is 4.79 Å². The summed E-state index contributed by atoms with van der Waals surface area (Å²) in [4.78, 5) is 14.2. The lowest BCUT2D eigenvalue weighted by Crippen LogP contribution is -2.38. The van der Waals surface area contributed by atoms with E-state index in [1.54, 1.807) is 12.3 Å². The minimum Gasteiger partial charge on any atom is -0.492 e. The first-order valence-corrected chi connectivity index (χ1v) is 10.1. The summed E-state index contributed by atoms with van der Waals surface area (Å²) >= 11 is 0. The van der Waals surface area contributed by atoms with Crippen molar-refractivity contribution < 1.29 is 14.3 Å². The van der Waals surface area contributed by atoms with Crippen LogP contribution in [0.15, 0.2) is 54.7 Å². The van der Waals surface area contributed by atoms with Crippen molar-refractivity contribution in [3.05, 3.63) is 60.3 Å². The van der Waals surface area contributed by atoms with Gasteiger partial charge in [0.15, 0.2) is 0 Å². The third-order valence-electron chi connectivity index (χ3n) is 5.35. The molecule has 156 valence electrons. The van der Waals surface area contributed by atoms with Gasteiger partial charge in [0.2, 0.25) is 5.91 Å². The topological polar surface area (TPSA) is 82.6 Å². The van der Waals surface area contributed by atoms with Gasteiger partial charge in [0.05, 0.1) is 18.9 Å². The standard InChI is InChI=1S/C23H26N4O3/c1-26-21(8-9-25-26)20-16-17(18-4-2-3-5-19(18)23(24)28)6-7-22(20)30-15-12-27-10-13-29-14-11-27/h2-9,16H,10-15H2,1H3,(H2,24,28). The van der Waals surface area contributed by atoms with Crippen LogP contribution in [0.25, 0.3) is 22.4 Å². The summed E-state index contributed by atoms with van der Waals surface area (Å²) in [6.07, 6.45) is 1.76. The Kier molecular flexibility index (Phi) is 6.11. The van der Waals surface area contributed by atoms with Gasteiger partial charge in [-0.1, -0.05) is 24.3 Å². The van der Waals surface area contributed by atoms with E-state index in [-0.39, 0.29) is 0 Å². The predicted molar refractivity (Wildman–Crippen MR) is 115 cm³/mol. The van der Waals surface area contributed by atoms with E-state index in [1.807, 2.05) is 54.2 Å². The maximum absolute atomic E-state index is 11.9. The first-order valence-electron chi connectivity index (χ1n) is 10.1. The molecule has 1 amide bonds. The largest absolute Gasteiger partial charge is 0.492 e. The number of benzene rings is 2. The number of hydrogen-bond donors (Lipinski definition) is 1. The normalized spacial score (nSPS) is 14.6. The van der Waals surface area contributed by atoms with E-state index in [1.165, 1.54) is 0 Å². The molecule has 1 aliphatic rings. The fourth-order valence-electron chi connectivity index (χ4n) is 3.72. The van der Waals surface area contributed by atoms with E-state index in [2.05, 4.69) is 10.00 Å². The molecule has 0 atom stereocenters. The third kappa shape index (κ3) is 4.37. The predicted octanol–water partition coefficient (Wildman–Crippen LogP) is 2.56. The van der Waals surface area contributed by atoms with Crippen LogP contribution in [0.4, 0.5) is 0 Å². The van der Waals surface area contributed by atoms with Gasteiger partial charge in [-0.15, -0.1) is 0 Å². The molecule has 0 aliphatic carbocycles. The molecule has 1 fully saturated rings. The van der Waals surface area contributed by atoms with E-state index < -0.39 is 5.91 Å². The van der Waals surface area contributed by atoms with E-state index >= 15 is 0 Å². The Labute approximate surface area is 176 Å². The van der Waals surface area contributed by atoms with Crippen LogP contribution < -0.4 is 10.5 Å². The van der Waals surface area contributed by atoms with E-state index in [0.717, 1.165) is 61.0 Å². The van der Waals surface area contributed by atoms with Crippen molar-refractivity contribution in [1.29, 1.82) is 0 Å². The number of aromatic nitrogens is 2. The Bertz CT molecular complexity index is 1020. The molecule has 3 aromatic rings. The molecule has 0 unspecified atom stereocenters. The zero-order valence-electron chi connectivity index (χ0n) is 17.1. The number of aryl methyl sites for hydroxylation is 1. The van der Waals surface area contributed by atoms with Crippen molar-refractivity contribution in [3.8, 4) is 28.1 Å². The number of amides is 1. The molecule has 1 aliphatic heterocycles. The number of carbonyl (C=O) groups excluding carboxylic acids is 1. The van der Waals surface area contributed by atoms with Gasteiger partial charge in [0.1, 0.15) is 12.4 Å². The Balaban J connectivity index is 1.64. The Hall–Kier alpha value is -3.16. The Morgan fingerprint density at radius 2 is 1.93 bits per heavy atom. The third-order valence-corrected chi connectivity index (χ3v) is 5.35. The van der Waals surface area contributed by atoms with Crippen molar-refractivity contribution in [3.63, 3.8) is 0 Å². The maximum Gasteiger partial charge on any atom is 0.249 e. The highest BCUT2D eigenvalue weighted by atomic mass is 16.5. The fourth-order valence-corrected chi connectivity index (χ4v) is 3.72. The van der Waals surface area contributed by atoms with Crippen LogP contribution in [0.1, 0.15) is 10.4 Å². The van der Waals surface area contributed by atoms with Gasteiger partial charge in [0, 0.05) is 44.0 Å². The second-order valence-electron chi connectivity index (χ2n) is 7.26. The van der Waals surface area contributed by atoms with Crippen LogP contribution >= 0.6 is 0 Å². The highest BCUT2D eigenvalue weighted by Crippen LogP contribution is 2.35. The van der Waals surface area contributed by atoms with Gasteiger partial charge in [-0.25, -0.2) is 0 Å². The molecule has 0 saturated carbocycles. The van der Waals surface area contributed by atoms with Gasteiger partial charge in [0.25, 0.3) is 0 Å². The molecule has 7 nitrogen and oxygen atoms in total. The fraction of sp³-hybridized carbons (Fsp3) is 0.304. The van der Waals surface area contributed by atoms with Crippen molar-refractivity contribution in [2.75, 3.05) is 39.5 Å². The lowest BCUT2D eigenvalue weighted by molar-refractivity contribution is 0.0323. The highest BCUT2D eigenvalue weighted by molar-refractivity contribution is 6.00. The molecular weight excluding hydrogens is 380 g/mol. The molecule has 0 spiro atoms. The van der Waals surface area contributed by atoms with Crippen LogP contribution in [0.2, 0.25) is 0 Å². The number of primary amides is 1. The van der Waals surface area contributed by atoms with Crippen molar-refractivity contribution in [1.82, 2.24) is 14.7 Å². The molecule has 2 N–H and O–H groups in total.